The molecule has 0 atom stereocenters. The van der Waals surface area contributed by atoms with Gasteiger partial charge in [-0.25, -0.2) is 13.1 Å². The van der Waals surface area contributed by atoms with Gasteiger partial charge in [0.05, 0.1) is 0 Å². The van der Waals surface area contributed by atoms with Gasteiger partial charge in [0.1, 0.15) is 0 Å². The number of sulfonamides is 1. The topological polar surface area (TPSA) is 86.9 Å². The van der Waals surface area contributed by atoms with Crippen molar-refractivity contribution in [1.82, 2.24) is 20.2 Å². The molecule has 2 aromatic rings. The number of aromatic nitrogens is 2. The number of hydrogen-bond donors (Lipinski definition) is 3. The molecule has 6 nitrogen and oxygen atoms in total. The van der Waals surface area contributed by atoms with E-state index in [2.05, 4.69) is 20.2 Å². The molecule has 0 saturated heterocycles. The van der Waals surface area contributed by atoms with Crippen LogP contribution in [-0.4, -0.2) is 25.7 Å². The molecule has 0 aromatic carbocycles. The number of nitrogens with one attached hydrogen (secondary N) is 3. The molecule has 0 aliphatic rings. The van der Waals surface area contributed by atoms with Gasteiger partial charge in [-0.15, -0.1) is 11.3 Å². The van der Waals surface area contributed by atoms with Gasteiger partial charge in [-0.1, -0.05) is 0 Å². The van der Waals surface area contributed by atoms with E-state index in [0.29, 0.717) is 12.1 Å². The lowest BCUT2D eigenvalue weighted by Crippen LogP contribution is -2.25. The van der Waals surface area contributed by atoms with Crippen LogP contribution in [0, 0.1) is 20.8 Å². The average Bonchev–Trinajstić information content (AvgIpc) is 2.93. The van der Waals surface area contributed by atoms with Gasteiger partial charge in [-0.3, -0.25) is 5.10 Å². The molecule has 0 radical (unpaired) electrons. The van der Waals surface area contributed by atoms with Gasteiger partial charge in [0, 0.05) is 34.1 Å². The number of hydrogen-bond acceptors (Lipinski definition) is 5. The zero-order valence-corrected chi connectivity index (χ0v) is 14.2. The minimum Gasteiger partial charge on any atom is -0.316 e. The Morgan fingerprint density at radius 2 is 2.00 bits per heavy atom. The van der Waals surface area contributed by atoms with Gasteiger partial charge in [-0.05, 0) is 39.4 Å². The molecule has 2 rings (SSSR count). The molecule has 0 spiro atoms. The van der Waals surface area contributed by atoms with E-state index in [1.54, 1.807) is 18.4 Å². The second kappa shape index (κ2) is 6.27. The summed E-state index contributed by atoms with van der Waals surface area (Å²) in [4.78, 5) is 2.20. The Hall–Kier alpha value is -1.22. The summed E-state index contributed by atoms with van der Waals surface area (Å²) in [5, 5.41) is 9.69. The summed E-state index contributed by atoms with van der Waals surface area (Å²) in [7, 11) is -1.85. The molecule has 2 heterocycles. The molecule has 0 aliphatic carbocycles. The van der Waals surface area contributed by atoms with E-state index < -0.39 is 10.0 Å². The molecule has 116 valence electrons. The molecule has 0 aliphatic heterocycles. The van der Waals surface area contributed by atoms with Crippen LogP contribution in [0.15, 0.2) is 11.1 Å². The highest BCUT2D eigenvalue weighted by Crippen LogP contribution is 2.21. The van der Waals surface area contributed by atoms with Crippen LogP contribution in [-0.2, 0) is 23.1 Å². The molecule has 0 amide bonds. The predicted octanol–water partition coefficient (Wildman–Crippen LogP) is 1.59. The Balaban J connectivity index is 2.18. The monoisotopic (exact) mass is 328 g/mol. The number of H-pyrrole nitrogens is 1. The van der Waals surface area contributed by atoms with Crippen molar-refractivity contribution in [3.8, 4) is 0 Å². The number of aryl methyl sites for hydroxylation is 3. The predicted molar refractivity (Wildman–Crippen MR) is 83.9 cm³/mol. The summed E-state index contributed by atoms with van der Waals surface area (Å²) in [6.07, 6.45) is 0. The molecule has 0 saturated carbocycles. The molecule has 0 bridgehead atoms. The molecule has 0 fully saturated rings. The van der Waals surface area contributed by atoms with Crippen LogP contribution in [0.2, 0.25) is 0 Å². The highest BCUT2D eigenvalue weighted by molar-refractivity contribution is 7.89. The zero-order valence-electron chi connectivity index (χ0n) is 12.6. The number of nitrogens with zero attached hydrogens (tertiary/aromatic N) is 1. The minimum absolute atomic E-state index is 0.0688. The van der Waals surface area contributed by atoms with E-state index in [1.165, 1.54) is 10.4 Å². The van der Waals surface area contributed by atoms with Gasteiger partial charge in [0.15, 0.2) is 5.03 Å². The van der Waals surface area contributed by atoms with Crippen LogP contribution < -0.4 is 10.0 Å². The first-order chi connectivity index (χ1) is 9.85. The molecule has 0 unspecified atom stereocenters. The van der Waals surface area contributed by atoms with E-state index in [0.717, 1.165) is 10.6 Å². The Labute approximate surface area is 129 Å². The summed E-state index contributed by atoms with van der Waals surface area (Å²) in [5.41, 5.74) is 2.61. The highest BCUT2D eigenvalue weighted by atomic mass is 32.2. The average molecular weight is 328 g/mol. The molecular formula is C13H20N4O2S2. The summed E-state index contributed by atoms with van der Waals surface area (Å²) in [6.45, 7) is 6.60. The Kier molecular flexibility index (Phi) is 4.82. The third-order valence-electron chi connectivity index (χ3n) is 3.30. The standard InChI is InChI=1S/C13H20N4O2S2/c1-8-5-11(20-10(8)3)6-15-21(18,19)13-12(7-14-4)9(2)16-17-13/h5,14-15H,6-7H2,1-4H3,(H,16,17). The lowest BCUT2D eigenvalue weighted by molar-refractivity contribution is 0.575. The summed E-state index contributed by atoms with van der Waals surface area (Å²) >= 11 is 1.60. The maximum absolute atomic E-state index is 12.4. The van der Waals surface area contributed by atoms with Gasteiger partial charge < -0.3 is 5.32 Å². The third kappa shape index (κ3) is 3.52. The fraction of sp³-hybridized carbons (Fsp3) is 0.462. The number of aromatic amines is 1. The van der Waals surface area contributed by atoms with E-state index in [-0.39, 0.29) is 11.6 Å². The van der Waals surface area contributed by atoms with Crippen LogP contribution in [0.25, 0.3) is 0 Å². The summed E-state index contributed by atoms with van der Waals surface area (Å²) in [5.74, 6) is 0. The quantitative estimate of drug-likeness (QED) is 0.751. The maximum Gasteiger partial charge on any atom is 0.260 e. The SMILES string of the molecule is CNCc1c(S(=O)(=O)NCc2cc(C)c(C)s2)n[nH]c1C. The van der Waals surface area contributed by atoms with Crippen LogP contribution >= 0.6 is 11.3 Å². The van der Waals surface area contributed by atoms with Crippen LogP contribution in [0.4, 0.5) is 0 Å². The first-order valence-electron chi connectivity index (χ1n) is 6.59. The van der Waals surface area contributed by atoms with Gasteiger partial charge >= 0.3 is 0 Å². The highest BCUT2D eigenvalue weighted by Gasteiger charge is 2.23. The second-order valence-electron chi connectivity index (χ2n) is 4.94. The maximum atomic E-state index is 12.4. The van der Waals surface area contributed by atoms with Crippen LogP contribution in [0.3, 0.4) is 0 Å². The van der Waals surface area contributed by atoms with E-state index >= 15 is 0 Å². The fourth-order valence-corrected chi connectivity index (χ4v) is 4.29. The Morgan fingerprint density at radius 3 is 2.57 bits per heavy atom. The van der Waals surface area contributed by atoms with E-state index in [1.807, 2.05) is 26.8 Å². The van der Waals surface area contributed by atoms with Crippen molar-refractivity contribution in [2.75, 3.05) is 7.05 Å². The molecule has 8 heteroatoms. The van der Waals surface area contributed by atoms with E-state index in [4.69, 9.17) is 0 Å². The van der Waals surface area contributed by atoms with Gasteiger partial charge in [0.2, 0.25) is 0 Å². The van der Waals surface area contributed by atoms with Gasteiger partial charge in [0.25, 0.3) is 10.0 Å². The third-order valence-corrected chi connectivity index (χ3v) is 5.82. The van der Waals surface area contributed by atoms with Gasteiger partial charge in [-0.2, -0.15) is 5.10 Å². The summed E-state index contributed by atoms with van der Waals surface area (Å²) in [6, 6.07) is 2.01. The Morgan fingerprint density at radius 1 is 1.29 bits per heavy atom. The second-order valence-corrected chi connectivity index (χ2v) is 7.96. The number of rotatable bonds is 6. The smallest absolute Gasteiger partial charge is 0.260 e. The largest absolute Gasteiger partial charge is 0.316 e. The number of thiophene rings is 1. The molecule has 21 heavy (non-hydrogen) atoms. The van der Waals surface area contributed by atoms with Crippen molar-refractivity contribution in [3.63, 3.8) is 0 Å². The van der Waals surface area contributed by atoms with Crippen molar-refractivity contribution in [3.05, 3.63) is 32.6 Å². The molecule has 2 aromatic heterocycles. The van der Waals surface area contributed by atoms with Crippen LogP contribution in [0.5, 0.6) is 0 Å². The van der Waals surface area contributed by atoms with Crippen LogP contribution in [0.1, 0.15) is 26.6 Å². The first-order valence-corrected chi connectivity index (χ1v) is 8.89. The lowest BCUT2D eigenvalue weighted by Gasteiger charge is -2.06. The lowest BCUT2D eigenvalue weighted by atomic mass is 10.3. The minimum atomic E-state index is -3.62. The van der Waals surface area contributed by atoms with Crippen molar-refractivity contribution in [2.45, 2.75) is 38.9 Å². The van der Waals surface area contributed by atoms with Crippen molar-refractivity contribution in [2.24, 2.45) is 0 Å². The first kappa shape index (κ1) is 16.2. The normalized spacial score (nSPS) is 12.0. The summed E-state index contributed by atoms with van der Waals surface area (Å²) < 4.78 is 27.4. The molecular weight excluding hydrogens is 308 g/mol. The Bertz CT molecular complexity index is 712. The van der Waals surface area contributed by atoms with E-state index in [9.17, 15) is 8.42 Å². The molecule has 3 N–H and O–H groups in total. The van der Waals surface area contributed by atoms with Crippen molar-refractivity contribution < 1.29 is 8.42 Å². The zero-order chi connectivity index (χ0) is 15.6. The van der Waals surface area contributed by atoms with Crippen molar-refractivity contribution in [1.29, 1.82) is 0 Å². The van der Waals surface area contributed by atoms with Crippen molar-refractivity contribution >= 4 is 21.4 Å². The fourth-order valence-electron chi connectivity index (χ4n) is 2.01.